The van der Waals surface area contributed by atoms with Crippen molar-refractivity contribution in [3.8, 4) is 0 Å². The van der Waals surface area contributed by atoms with Crippen molar-refractivity contribution in [2.45, 2.75) is 26.3 Å². The van der Waals surface area contributed by atoms with Gasteiger partial charge in [-0.05, 0) is 43.5 Å². The summed E-state index contributed by atoms with van der Waals surface area (Å²) in [4.78, 5) is 25.9. The number of hydrogen-bond donors (Lipinski definition) is 2. The van der Waals surface area contributed by atoms with Crippen molar-refractivity contribution < 1.29 is 14.7 Å². The first kappa shape index (κ1) is 14.1. The minimum Gasteiger partial charge on any atom is -0.478 e. The molecule has 1 aromatic rings. The number of carboxylic acids is 1. The van der Waals surface area contributed by atoms with E-state index in [1.54, 1.807) is 12.1 Å². The number of aromatic carboxylic acids is 1. The average molecular weight is 288 g/mol. The summed E-state index contributed by atoms with van der Waals surface area (Å²) < 4.78 is 0. The van der Waals surface area contributed by atoms with Crippen LogP contribution in [0.5, 0.6) is 0 Å². The first-order valence-electron chi connectivity index (χ1n) is 7.35. The molecule has 112 valence electrons. The normalized spacial score (nSPS) is 24.7. The van der Waals surface area contributed by atoms with E-state index in [1.165, 1.54) is 0 Å². The third-order valence-corrected chi connectivity index (χ3v) is 4.67. The van der Waals surface area contributed by atoms with Gasteiger partial charge >= 0.3 is 5.97 Å². The van der Waals surface area contributed by atoms with Crippen molar-refractivity contribution in [2.75, 3.05) is 19.6 Å². The predicted octanol–water partition coefficient (Wildman–Crippen LogP) is 1.27. The summed E-state index contributed by atoms with van der Waals surface area (Å²) in [7, 11) is 0. The molecule has 2 aliphatic rings. The highest BCUT2D eigenvalue weighted by atomic mass is 16.4. The van der Waals surface area contributed by atoms with Gasteiger partial charge in [0, 0.05) is 19.6 Å². The molecular weight excluding hydrogens is 268 g/mol. The summed E-state index contributed by atoms with van der Waals surface area (Å²) in [5.74, 6) is -0.711. The summed E-state index contributed by atoms with van der Waals surface area (Å²) >= 11 is 0. The molecule has 2 aliphatic heterocycles. The Bertz CT molecular complexity index is 591. The molecule has 0 radical (unpaired) electrons. The Morgan fingerprint density at radius 1 is 1.38 bits per heavy atom. The van der Waals surface area contributed by atoms with E-state index in [4.69, 9.17) is 0 Å². The number of carboxylic acid groups (broad SMARTS) is 1. The topological polar surface area (TPSA) is 69.6 Å². The number of amides is 1. The fraction of sp³-hybridized carbons (Fsp3) is 0.500. The Kier molecular flexibility index (Phi) is 3.45. The number of nitrogens with zero attached hydrogens (tertiary/aromatic N) is 1. The molecule has 5 heteroatoms. The Labute approximate surface area is 123 Å². The number of benzene rings is 1. The molecular formula is C16H20N2O3. The summed E-state index contributed by atoms with van der Waals surface area (Å²) in [5, 5.41) is 12.5. The monoisotopic (exact) mass is 288 g/mol. The van der Waals surface area contributed by atoms with Crippen molar-refractivity contribution in [3.05, 3.63) is 34.9 Å². The molecule has 1 unspecified atom stereocenters. The molecule has 1 atom stereocenters. The number of nitrogens with one attached hydrogen (secondary N) is 1. The summed E-state index contributed by atoms with van der Waals surface area (Å²) in [5.41, 5.74) is 1.89. The van der Waals surface area contributed by atoms with Gasteiger partial charge in [-0.15, -0.1) is 0 Å². The van der Waals surface area contributed by atoms with Crippen LogP contribution < -0.4 is 5.32 Å². The van der Waals surface area contributed by atoms with Crippen molar-refractivity contribution in [2.24, 2.45) is 5.41 Å². The Morgan fingerprint density at radius 2 is 2.19 bits per heavy atom. The molecule has 21 heavy (non-hydrogen) atoms. The van der Waals surface area contributed by atoms with E-state index in [0.29, 0.717) is 25.1 Å². The zero-order chi connectivity index (χ0) is 15.0. The molecule has 0 bridgehead atoms. The zero-order valence-electron chi connectivity index (χ0n) is 12.2. The largest absolute Gasteiger partial charge is 0.478 e. The van der Waals surface area contributed by atoms with Crippen LogP contribution in [-0.4, -0.2) is 41.5 Å². The second-order valence-corrected chi connectivity index (χ2v) is 6.21. The van der Waals surface area contributed by atoms with Gasteiger partial charge in [-0.2, -0.15) is 0 Å². The van der Waals surface area contributed by atoms with Crippen molar-refractivity contribution in [1.82, 2.24) is 10.2 Å². The number of hydrogen-bond acceptors (Lipinski definition) is 3. The lowest BCUT2D eigenvalue weighted by molar-refractivity contribution is -0.141. The third-order valence-electron chi connectivity index (χ3n) is 4.67. The van der Waals surface area contributed by atoms with Crippen LogP contribution in [0.3, 0.4) is 0 Å². The van der Waals surface area contributed by atoms with E-state index in [0.717, 1.165) is 30.6 Å². The van der Waals surface area contributed by atoms with Crippen LogP contribution in [0.2, 0.25) is 0 Å². The maximum Gasteiger partial charge on any atom is 0.335 e. The third kappa shape index (κ3) is 2.42. The van der Waals surface area contributed by atoms with Gasteiger partial charge in [0.25, 0.3) is 0 Å². The lowest BCUT2D eigenvalue weighted by atomic mass is 9.86. The van der Waals surface area contributed by atoms with Gasteiger partial charge in [-0.1, -0.05) is 12.1 Å². The Balaban J connectivity index is 1.83. The molecule has 0 saturated carbocycles. The van der Waals surface area contributed by atoms with Crippen LogP contribution in [-0.2, 0) is 17.8 Å². The molecule has 0 aromatic heterocycles. The summed E-state index contributed by atoms with van der Waals surface area (Å²) in [6.45, 7) is 4.75. The molecule has 1 aromatic carbocycles. The summed E-state index contributed by atoms with van der Waals surface area (Å²) in [6, 6.07) is 5.33. The lowest BCUT2D eigenvalue weighted by Crippen LogP contribution is -2.45. The highest BCUT2D eigenvalue weighted by Gasteiger charge is 2.40. The van der Waals surface area contributed by atoms with Crippen LogP contribution in [0.1, 0.15) is 34.8 Å². The van der Waals surface area contributed by atoms with Crippen molar-refractivity contribution in [1.29, 1.82) is 0 Å². The molecule has 1 amide bonds. The minimum atomic E-state index is -0.890. The first-order valence-corrected chi connectivity index (χ1v) is 7.35. The Morgan fingerprint density at radius 3 is 2.86 bits per heavy atom. The van der Waals surface area contributed by atoms with Gasteiger partial charge < -0.3 is 15.3 Å². The summed E-state index contributed by atoms with van der Waals surface area (Å²) in [6.07, 6.45) is 1.48. The quantitative estimate of drug-likeness (QED) is 0.860. The van der Waals surface area contributed by atoms with E-state index in [2.05, 4.69) is 5.32 Å². The molecule has 2 N–H and O–H groups in total. The number of fused-ring (bicyclic) bond motifs is 1. The van der Waals surface area contributed by atoms with Crippen LogP contribution in [0, 0.1) is 5.41 Å². The van der Waals surface area contributed by atoms with Gasteiger partial charge in [0.2, 0.25) is 5.91 Å². The average Bonchev–Trinajstić information content (AvgIpc) is 2.93. The standard InChI is InChI=1S/C16H20N2O3/c1-16(6-7-17-10-16)15(21)18-8-5-12-11(9-18)3-2-4-13(12)14(19)20/h2-4,17H,5-10H2,1H3,(H,19,20). The second kappa shape index (κ2) is 5.15. The highest BCUT2D eigenvalue weighted by molar-refractivity contribution is 5.90. The smallest absolute Gasteiger partial charge is 0.335 e. The van der Waals surface area contributed by atoms with Gasteiger partial charge in [-0.25, -0.2) is 4.79 Å². The molecule has 3 rings (SSSR count). The van der Waals surface area contributed by atoms with E-state index in [-0.39, 0.29) is 11.3 Å². The second-order valence-electron chi connectivity index (χ2n) is 6.21. The van der Waals surface area contributed by atoms with Gasteiger partial charge in [0.05, 0.1) is 11.0 Å². The van der Waals surface area contributed by atoms with E-state index in [9.17, 15) is 14.7 Å². The SMILES string of the molecule is CC1(C(=O)N2CCc3c(cccc3C(=O)O)C2)CCNC1. The zero-order valence-corrected chi connectivity index (χ0v) is 12.2. The molecule has 0 spiro atoms. The molecule has 1 saturated heterocycles. The predicted molar refractivity (Wildman–Crippen MR) is 78.1 cm³/mol. The van der Waals surface area contributed by atoms with Gasteiger partial charge in [0.15, 0.2) is 0 Å². The van der Waals surface area contributed by atoms with Crippen LogP contribution >= 0.6 is 0 Å². The number of carbonyl (C=O) groups is 2. The highest BCUT2D eigenvalue weighted by Crippen LogP contribution is 2.30. The number of rotatable bonds is 2. The fourth-order valence-corrected chi connectivity index (χ4v) is 3.36. The van der Waals surface area contributed by atoms with E-state index >= 15 is 0 Å². The van der Waals surface area contributed by atoms with Crippen molar-refractivity contribution >= 4 is 11.9 Å². The van der Waals surface area contributed by atoms with Gasteiger partial charge in [0.1, 0.15) is 0 Å². The molecule has 0 aliphatic carbocycles. The maximum atomic E-state index is 12.7. The first-order chi connectivity index (χ1) is 10.0. The maximum absolute atomic E-state index is 12.7. The minimum absolute atomic E-state index is 0.180. The lowest BCUT2D eigenvalue weighted by Gasteiger charge is -2.35. The van der Waals surface area contributed by atoms with Gasteiger partial charge in [-0.3, -0.25) is 4.79 Å². The fourth-order valence-electron chi connectivity index (χ4n) is 3.36. The number of carbonyl (C=O) groups excluding carboxylic acids is 1. The van der Waals surface area contributed by atoms with Crippen LogP contribution in [0.25, 0.3) is 0 Å². The molecule has 2 heterocycles. The van der Waals surface area contributed by atoms with Crippen LogP contribution in [0.4, 0.5) is 0 Å². The van der Waals surface area contributed by atoms with Crippen molar-refractivity contribution in [3.63, 3.8) is 0 Å². The van der Waals surface area contributed by atoms with E-state index in [1.807, 2.05) is 17.9 Å². The van der Waals surface area contributed by atoms with E-state index < -0.39 is 5.97 Å². The van der Waals surface area contributed by atoms with Crippen LogP contribution in [0.15, 0.2) is 18.2 Å². The Hall–Kier alpha value is -1.88. The molecule has 1 fully saturated rings. The molecule has 5 nitrogen and oxygen atoms in total.